The number of anilines is 1. The molecule has 0 aromatic heterocycles. The average Bonchev–Trinajstić information content (AvgIpc) is 2.61. The molecule has 0 unspecified atom stereocenters. The third kappa shape index (κ3) is 5.37. The minimum Gasteiger partial charge on any atom is -0.340 e. The van der Waals surface area contributed by atoms with Crippen molar-refractivity contribution in [2.45, 2.75) is 25.9 Å². The van der Waals surface area contributed by atoms with Gasteiger partial charge in [0.05, 0.1) is 22.0 Å². The summed E-state index contributed by atoms with van der Waals surface area (Å²) in [7, 11) is -2.07. The standard InChI is InChI=1S/C19H22Cl2N2O3S/c1-4-18(19(24)22(2)13-14-8-6-5-7-9-14)23(27(3,25)26)15-10-11-16(20)17(21)12-15/h5-12,18H,4,13H2,1-3H3/t18-/m1/s1. The minimum absolute atomic E-state index is 0.225. The second kappa shape index (κ2) is 8.95. The van der Waals surface area contributed by atoms with E-state index < -0.39 is 16.1 Å². The van der Waals surface area contributed by atoms with E-state index in [0.29, 0.717) is 23.7 Å². The maximum absolute atomic E-state index is 13.1. The predicted octanol–water partition coefficient (Wildman–Crippen LogP) is 4.20. The molecule has 0 fully saturated rings. The zero-order valence-corrected chi connectivity index (χ0v) is 17.7. The van der Waals surface area contributed by atoms with Gasteiger partial charge in [-0.3, -0.25) is 9.10 Å². The van der Waals surface area contributed by atoms with Crippen molar-refractivity contribution in [3.8, 4) is 0 Å². The normalized spacial score (nSPS) is 12.5. The summed E-state index contributed by atoms with van der Waals surface area (Å²) in [6.45, 7) is 2.16. The van der Waals surface area contributed by atoms with Gasteiger partial charge in [0.15, 0.2) is 0 Å². The SMILES string of the molecule is CC[C@H](C(=O)N(C)Cc1ccccc1)N(c1ccc(Cl)c(Cl)c1)S(C)(=O)=O. The van der Waals surface area contributed by atoms with Gasteiger partial charge in [0.1, 0.15) is 6.04 Å². The highest BCUT2D eigenvalue weighted by molar-refractivity contribution is 7.92. The number of hydrogen-bond acceptors (Lipinski definition) is 3. The molecule has 1 amide bonds. The first-order valence-corrected chi connectivity index (χ1v) is 11.0. The lowest BCUT2D eigenvalue weighted by atomic mass is 10.1. The molecule has 0 N–H and O–H groups in total. The van der Waals surface area contributed by atoms with Crippen LogP contribution in [0, 0.1) is 0 Å². The number of nitrogens with zero attached hydrogens (tertiary/aromatic N) is 2. The van der Waals surface area contributed by atoms with Gasteiger partial charge in [-0.1, -0.05) is 60.5 Å². The van der Waals surface area contributed by atoms with Gasteiger partial charge in [-0.15, -0.1) is 0 Å². The summed E-state index contributed by atoms with van der Waals surface area (Å²) in [6, 6.07) is 13.1. The van der Waals surface area contributed by atoms with E-state index in [0.717, 1.165) is 16.1 Å². The Kier molecular flexibility index (Phi) is 7.14. The van der Waals surface area contributed by atoms with E-state index >= 15 is 0 Å². The van der Waals surface area contributed by atoms with Crippen LogP contribution in [-0.4, -0.2) is 38.6 Å². The molecular formula is C19H22Cl2N2O3S. The molecular weight excluding hydrogens is 407 g/mol. The van der Waals surface area contributed by atoms with Crippen LogP contribution in [0.5, 0.6) is 0 Å². The molecule has 8 heteroatoms. The molecule has 5 nitrogen and oxygen atoms in total. The lowest BCUT2D eigenvalue weighted by Gasteiger charge is -2.33. The van der Waals surface area contributed by atoms with E-state index in [1.807, 2.05) is 30.3 Å². The van der Waals surface area contributed by atoms with Gasteiger partial charge in [-0.2, -0.15) is 0 Å². The molecule has 27 heavy (non-hydrogen) atoms. The van der Waals surface area contributed by atoms with Crippen molar-refractivity contribution in [3.05, 3.63) is 64.1 Å². The van der Waals surface area contributed by atoms with Crippen molar-refractivity contribution in [1.82, 2.24) is 4.90 Å². The van der Waals surface area contributed by atoms with Crippen LogP contribution >= 0.6 is 23.2 Å². The molecule has 0 aliphatic rings. The molecule has 2 aromatic carbocycles. The number of carbonyl (C=O) groups is 1. The van der Waals surface area contributed by atoms with Gasteiger partial charge in [-0.05, 0) is 30.2 Å². The van der Waals surface area contributed by atoms with Crippen LogP contribution in [0.1, 0.15) is 18.9 Å². The van der Waals surface area contributed by atoms with Crippen LogP contribution in [0.4, 0.5) is 5.69 Å². The van der Waals surface area contributed by atoms with Gasteiger partial charge in [0, 0.05) is 13.6 Å². The number of benzene rings is 2. The van der Waals surface area contributed by atoms with E-state index in [2.05, 4.69) is 0 Å². The molecule has 0 aliphatic heterocycles. The van der Waals surface area contributed by atoms with Gasteiger partial charge in [-0.25, -0.2) is 8.42 Å². The van der Waals surface area contributed by atoms with Crippen LogP contribution in [0.2, 0.25) is 10.0 Å². The summed E-state index contributed by atoms with van der Waals surface area (Å²) < 4.78 is 26.1. The Balaban J connectivity index is 2.36. The molecule has 146 valence electrons. The van der Waals surface area contributed by atoms with Crippen LogP contribution in [0.25, 0.3) is 0 Å². The van der Waals surface area contributed by atoms with Crippen molar-refractivity contribution in [1.29, 1.82) is 0 Å². The predicted molar refractivity (Wildman–Crippen MR) is 111 cm³/mol. The monoisotopic (exact) mass is 428 g/mol. The third-order valence-corrected chi connectivity index (χ3v) is 6.03. The van der Waals surface area contributed by atoms with E-state index in [-0.39, 0.29) is 10.9 Å². The first kappa shape index (κ1) is 21.5. The fraction of sp³-hybridized carbons (Fsp3) is 0.316. The summed E-state index contributed by atoms with van der Waals surface area (Å²) in [4.78, 5) is 14.6. The number of amides is 1. The lowest BCUT2D eigenvalue weighted by molar-refractivity contribution is -0.131. The topological polar surface area (TPSA) is 57.7 Å². The van der Waals surface area contributed by atoms with Crippen molar-refractivity contribution >= 4 is 44.8 Å². The highest BCUT2D eigenvalue weighted by atomic mass is 35.5. The fourth-order valence-corrected chi connectivity index (χ4v) is 4.35. The molecule has 0 bridgehead atoms. The Labute approximate surface area is 170 Å². The largest absolute Gasteiger partial charge is 0.340 e. The summed E-state index contributed by atoms with van der Waals surface area (Å²) in [5.74, 6) is -0.294. The number of sulfonamides is 1. The number of rotatable bonds is 7. The van der Waals surface area contributed by atoms with Crippen LogP contribution in [-0.2, 0) is 21.4 Å². The van der Waals surface area contributed by atoms with Gasteiger partial charge >= 0.3 is 0 Å². The molecule has 0 saturated carbocycles. The summed E-state index contributed by atoms with van der Waals surface area (Å²) in [5.41, 5.74) is 1.27. The van der Waals surface area contributed by atoms with E-state index in [1.165, 1.54) is 17.0 Å². The van der Waals surface area contributed by atoms with Gasteiger partial charge in [0.25, 0.3) is 0 Å². The van der Waals surface area contributed by atoms with Crippen molar-refractivity contribution in [2.75, 3.05) is 17.6 Å². The van der Waals surface area contributed by atoms with Crippen molar-refractivity contribution in [2.24, 2.45) is 0 Å². The second-order valence-electron chi connectivity index (χ2n) is 6.26. The summed E-state index contributed by atoms with van der Waals surface area (Å²) in [6.07, 6.45) is 1.38. The average molecular weight is 429 g/mol. The zero-order valence-electron chi connectivity index (χ0n) is 15.4. The Bertz CT molecular complexity index is 904. The maximum Gasteiger partial charge on any atom is 0.246 e. The third-order valence-electron chi connectivity index (χ3n) is 4.11. The number of carbonyl (C=O) groups excluding carboxylic acids is 1. The molecule has 2 rings (SSSR count). The van der Waals surface area contributed by atoms with E-state index in [9.17, 15) is 13.2 Å². The highest BCUT2D eigenvalue weighted by Crippen LogP contribution is 2.30. The van der Waals surface area contributed by atoms with Crippen molar-refractivity contribution < 1.29 is 13.2 Å². The zero-order chi connectivity index (χ0) is 20.2. The maximum atomic E-state index is 13.1. The quantitative estimate of drug-likeness (QED) is 0.663. The Morgan fingerprint density at radius 1 is 1.07 bits per heavy atom. The first-order chi connectivity index (χ1) is 12.6. The Morgan fingerprint density at radius 3 is 2.22 bits per heavy atom. The smallest absolute Gasteiger partial charge is 0.246 e. The summed E-state index contributed by atoms with van der Waals surface area (Å²) in [5, 5.41) is 0.539. The second-order valence-corrected chi connectivity index (χ2v) is 8.94. The van der Waals surface area contributed by atoms with Gasteiger partial charge in [0.2, 0.25) is 15.9 Å². The molecule has 0 spiro atoms. The van der Waals surface area contributed by atoms with Crippen LogP contribution in [0.15, 0.2) is 48.5 Å². The Hall–Kier alpha value is -1.76. The molecule has 0 aliphatic carbocycles. The number of likely N-dealkylation sites (N-methyl/N-ethyl adjacent to an activating group) is 1. The molecule has 0 radical (unpaired) electrons. The molecule has 0 saturated heterocycles. The van der Waals surface area contributed by atoms with E-state index in [4.69, 9.17) is 23.2 Å². The highest BCUT2D eigenvalue weighted by Gasteiger charge is 2.33. The molecule has 2 aromatic rings. The van der Waals surface area contributed by atoms with Gasteiger partial charge < -0.3 is 4.90 Å². The van der Waals surface area contributed by atoms with E-state index in [1.54, 1.807) is 20.0 Å². The molecule has 0 heterocycles. The number of halogens is 2. The fourth-order valence-electron chi connectivity index (χ4n) is 2.86. The lowest BCUT2D eigenvalue weighted by Crippen LogP contribution is -2.49. The van der Waals surface area contributed by atoms with Crippen LogP contribution < -0.4 is 4.31 Å². The minimum atomic E-state index is -3.73. The molecule has 1 atom stereocenters. The van der Waals surface area contributed by atoms with Crippen molar-refractivity contribution in [3.63, 3.8) is 0 Å². The summed E-state index contributed by atoms with van der Waals surface area (Å²) >= 11 is 12.0. The Morgan fingerprint density at radius 2 is 1.70 bits per heavy atom. The first-order valence-electron chi connectivity index (χ1n) is 8.38. The number of hydrogen-bond donors (Lipinski definition) is 0. The van der Waals surface area contributed by atoms with Crippen LogP contribution in [0.3, 0.4) is 0 Å².